The molecule has 0 fully saturated rings. The van der Waals surface area contributed by atoms with Gasteiger partial charge in [-0.15, -0.1) is 0 Å². The number of hydrogen-bond donors (Lipinski definition) is 2. The van der Waals surface area contributed by atoms with Crippen LogP contribution >= 0.6 is 0 Å². The molecule has 0 amide bonds. The first kappa shape index (κ1) is 28.3. The monoisotopic (exact) mass is 509 g/mol. The van der Waals surface area contributed by atoms with Crippen LogP contribution in [0.5, 0.6) is 0 Å². The fraction of sp³-hybridized carbons (Fsp3) is 0.458. The number of ether oxygens (including phenoxy) is 1. The van der Waals surface area contributed by atoms with E-state index in [0.29, 0.717) is 22.5 Å². The summed E-state index contributed by atoms with van der Waals surface area (Å²) in [5.74, 6) is -1.20. The summed E-state index contributed by atoms with van der Waals surface area (Å²) in [4.78, 5) is 20.5. The Hall–Kier alpha value is -2.89. The molecule has 0 radical (unpaired) electrons. The van der Waals surface area contributed by atoms with Crippen molar-refractivity contribution in [3.05, 3.63) is 47.4 Å². The summed E-state index contributed by atoms with van der Waals surface area (Å²) in [6.07, 6.45) is 1.51. The predicted molar refractivity (Wildman–Crippen MR) is 132 cm³/mol. The summed E-state index contributed by atoms with van der Waals surface area (Å²) in [7, 11) is -2.30. The Balaban J connectivity index is 2.51. The third kappa shape index (κ3) is 8.08. The van der Waals surface area contributed by atoms with Gasteiger partial charge in [0.2, 0.25) is 16.0 Å². The van der Waals surface area contributed by atoms with E-state index in [2.05, 4.69) is 9.97 Å². The Morgan fingerprint density at radius 2 is 1.83 bits per heavy atom. The van der Waals surface area contributed by atoms with Crippen LogP contribution in [-0.4, -0.2) is 66.7 Å². The summed E-state index contributed by atoms with van der Waals surface area (Å²) in [6, 6.07) is 5.56. The lowest BCUT2D eigenvalue weighted by Crippen LogP contribution is -2.27. The van der Waals surface area contributed by atoms with Crippen LogP contribution in [0.1, 0.15) is 50.8 Å². The molecule has 0 saturated heterocycles. The number of esters is 1. The predicted octanol–water partition coefficient (Wildman–Crippen LogP) is 2.88. The third-order valence-corrected chi connectivity index (χ3v) is 6.27. The molecule has 0 bridgehead atoms. The first-order valence-electron chi connectivity index (χ1n) is 11.1. The van der Waals surface area contributed by atoms with E-state index in [1.807, 2.05) is 13.8 Å². The van der Waals surface area contributed by atoms with E-state index in [4.69, 9.17) is 4.74 Å². The summed E-state index contributed by atoms with van der Waals surface area (Å²) < 4.78 is 43.6. The Kier molecular flexibility index (Phi) is 9.87. The second-order valence-electron chi connectivity index (χ2n) is 8.39. The van der Waals surface area contributed by atoms with E-state index in [1.54, 1.807) is 13.0 Å². The number of sulfonamides is 1. The zero-order valence-corrected chi connectivity index (χ0v) is 21.3. The van der Waals surface area contributed by atoms with Gasteiger partial charge in [0.25, 0.3) is 0 Å². The smallest absolute Gasteiger partial charge is 0.308 e. The van der Waals surface area contributed by atoms with Crippen LogP contribution in [0.4, 0.5) is 10.3 Å². The van der Waals surface area contributed by atoms with Gasteiger partial charge in [-0.05, 0) is 37.1 Å². The molecular formula is C24H32FN3O6S. The highest BCUT2D eigenvalue weighted by molar-refractivity contribution is 7.92. The minimum absolute atomic E-state index is 0.0434. The van der Waals surface area contributed by atoms with Gasteiger partial charge in [0.05, 0.1) is 42.9 Å². The van der Waals surface area contributed by atoms with Gasteiger partial charge in [0, 0.05) is 24.6 Å². The first-order chi connectivity index (χ1) is 16.3. The molecule has 1 heterocycles. The molecule has 0 aliphatic heterocycles. The van der Waals surface area contributed by atoms with Crippen molar-refractivity contribution in [2.45, 2.75) is 51.7 Å². The molecular weight excluding hydrogens is 477 g/mol. The van der Waals surface area contributed by atoms with Crippen LogP contribution in [0.15, 0.2) is 30.3 Å². The van der Waals surface area contributed by atoms with Crippen LogP contribution in [0.2, 0.25) is 0 Å². The van der Waals surface area contributed by atoms with Crippen LogP contribution < -0.4 is 4.31 Å². The molecule has 2 aromatic rings. The lowest BCUT2D eigenvalue weighted by atomic mass is 9.97. The van der Waals surface area contributed by atoms with Gasteiger partial charge in [-0.1, -0.05) is 26.0 Å². The highest BCUT2D eigenvalue weighted by Gasteiger charge is 2.22. The number of rotatable bonds is 11. The fourth-order valence-electron chi connectivity index (χ4n) is 3.26. The first-order valence-corrected chi connectivity index (χ1v) is 13.0. The molecule has 1 aromatic carbocycles. The van der Waals surface area contributed by atoms with Gasteiger partial charge >= 0.3 is 5.97 Å². The number of benzene rings is 1. The quantitative estimate of drug-likeness (QED) is 0.442. The SMILES string of the molecule is CCOC(=O)CC(O)CC(O)C=Cc1c(-c2ccc(F)cc2)nc(N(C)S(C)(=O)=O)nc1C(C)C. The van der Waals surface area contributed by atoms with Crippen molar-refractivity contribution < 1.29 is 32.6 Å². The van der Waals surface area contributed by atoms with Gasteiger partial charge in [-0.25, -0.2) is 27.1 Å². The maximum atomic E-state index is 13.6. The van der Waals surface area contributed by atoms with Crippen molar-refractivity contribution >= 4 is 28.0 Å². The van der Waals surface area contributed by atoms with Crippen molar-refractivity contribution in [3.8, 4) is 11.3 Å². The second-order valence-corrected chi connectivity index (χ2v) is 10.4. The molecule has 0 saturated carbocycles. The topological polar surface area (TPSA) is 130 Å². The lowest BCUT2D eigenvalue weighted by molar-refractivity contribution is -0.145. The Morgan fingerprint density at radius 3 is 2.37 bits per heavy atom. The Morgan fingerprint density at radius 1 is 1.20 bits per heavy atom. The summed E-state index contributed by atoms with van der Waals surface area (Å²) >= 11 is 0. The number of hydrogen-bond acceptors (Lipinski definition) is 8. The Labute approximate surface area is 205 Å². The number of halogens is 1. The summed E-state index contributed by atoms with van der Waals surface area (Å²) in [5, 5.41) is 20.5. The number of carbonyl (C=O) groups excluding carboxylic acids is 1. The van der Waals surface area contributed by atoms with Gasteiger partial charge in [0.1, 0.15) is 5.82 Å². The number of anilines is 1. The fourth-order valence-corrected chi connectivity index (χ4v) is 3.63. The zero-order valence-electron chi connectivity index (χ0n) is 20.5. The van der Waals surface area contributed by atoms with Gasteiger partial charge in [0.15, 0.2) is 0 Å². The highest BCUT2D eigenvalue weighted by Crippen LogP contribution is 2.31. The van der Waals surface area contributed by atoms with Crippen LogP contribution in [-0.2, 0) is 19.6 Å². The number of aromatic nitrogens is 2. The maximum absolute atomic E-state index is 13.6. The summed E-state index contributed by atoms with van der Waals surface area (Å²) in [5.41, 5.74) is 1.90. The lowest BCUT2D eigenvalue weighted by Gasteiger charge is -2.20. The molecule has 0 aliphatic rings. The molecule has 2 atom stereocenters. The van der Waals surface area contributed by atoms with E-state index < -0.39 is 34.0 Å². The average Bonchev–Trinajstić information content (AvgIpc) is 2.76. The molecule has 0 spiro atoms. The zero-order chi connectivity index (χ0) is 26.3. The summed E-state index contributed by atoms with van der Waals surface area (Å²) in [6.45, 7) is 5.60. The molecule has 35 heavy (non-hydrogen) atoms. The van der Waals surface area contributed by atoms with Gasteiger partial charge in [-0.3, -0.25) is 4.79 Å². The molecule has 192 valence electrons. The Bertz CT molecular complexity index is 1150. The van der Waals surface area contributed by atoms with Crippen LogP contribution in [0.25, 0.3) is 17.3 Å². The van der Waals surface area contributed by atoms with E-state index in [-0.39, 0.29) is 31.3 Å². The average molecular weight is 510 g/mol. The number of nitrogens with zero attached hydrogens (tertiary/aromatic N) is 3. The molecule has 2 rings (SSSR count). The van der Waals surface area contributed by atoms with E-state index in [1.165, 1.54) is 37.4 Å². The largest absolute Gasteiger partial charge is 0.466 e. The third-order valence-electron chi connectivity index (χ3n) is 5.11. The normalized spacial score (nSPS) is 13.7. The van der Waals surface area contributed by atoms with E-state index >= 15 is 0 Å². The minimum atomic E-state index is -3.65. The molecule has 2 N–H and O–H groups in total. The van der Waals surface area contributed by atoms with Gasteiger partial charge < -0.3 is 14.9 Å². The maximum Gasteiger partial charge on any atom is 0.308 e. The number of aliphatic hydroxyl groups excluding tert-OH is 2. The molecule has 1 aromatic heterocycles. The van der Waals surface area contributed by atoms with Crippen molar-refractivity contribution in [1.82, 2.24) is 9.97 Å². The second kappa shape index (κ2) is 12.2. The van der Waals surface area contributed by atoms with Crippen LogP contribution in [0.3, 0.4) is 0 Å². The van der Waals surface area contributed by atoms with Crippen molar-refractivity contribution in [2.24, 2.45) is 0 Å². The number of carbonyl (C=O) groups is 1. The molecule has 0 aliphatic carbocycles. The molecule has 2 unspecified atom stereocenters. The molecule has 11 heteroatoms. The van der Waals surface area contributed by atoms with Crippen molar-refractivity contribution in [1.29, 1.82) is 0 Å². The van der Waals surface area contributed by atoms with E-state index in [0.717, 1.165) is 10.6 Å². The van der Waals surface area contributed by atoms with Crippen molar-refractivity contribution in [2.75, 3.05) is 24.2 Å². The highest BCUT2D eigenvalue weighted by atomic mass is 32.2. The van der Waals surface area contributed by atoms with Crippen molar-refractivity contribution in [3.63, 3.8) is 0 Å². The standard InChI is InChI=1S/C24H32FN3O6S/c1-6-34-21(31)14-19(30)13-18(29)11-12-20-22(15(2)3)26-24(28(4)35(5,32)33)27-23(20)16-7-9-17(25)10-8-16/h7-12,15,18-19,29-30H,6,13-14H2,1-5H3. The van der Waals surface area contributed by atoms with Gasteiger partial charge in [-0.2, -0.15) is 0 Å². The minimum Gasteiger partial charge on any atom is -0.466 e. The molecule has 9 nitrogen and oxygen atoms in total. The van der Waals surface area contributed by atoms with E-state index in [9.17, 15) is 27.8 Å². The van der Waals surface area contributed by atoms with Crippen LogP contribution in [0, 0.1) is 5.82 Å². The number of aliphatic hydroxyl groups is 2.